The zero-order valence-corrected chi connectivity index (χ0v) is 26.8. The first-order valence-corrected chi connectivity index (χ1v) is 16.6. The van der Waals surface area contributed by atoms with Gasteiger partial charge in [0, 0.05) is 37.6 Å². The molecule has 11 nitrogen and oxygen atoms in total. The summed E-state index contributed by atoms with van der Waals surface area (Å²) >= 11 is 0. The molecule has 0 aromatic carbocycles. The lowest BCUT2D eigenvalue weighted by atomic mass is 9.76. The third-order valence-corrected chi connectivity index (χ3v) is 8.87. The Labute approximate surface area is 254 Å². The minimum Gasteiger partial charge on any atom is -0.378 e. The van der Waals surface area contributed by atoms with Crippen molar-refractivity contribution >= 4 is 11.9 Å². The molecular weight excluding hydrogens is 536 g/mol. The molecule has 0 bridgehead atoms. The molecule has 0 aromatic rings. The largest absolute Gasteiger partial charge is 0.378 e. The molecule has 3 amide bonds. The lowest BCUT2D eigenvalue weighted by molar-refractivity contribution is -0.121. The molecule has 0 radical (unpaired) electrons. The molecule has 0 spiro atoms. The maximum Gasteiger partial charge on any atom is 0.315 e. The first-order chi connectivity index (χ1) is 20.3. The highest BCUT2D eigenvalue weighted by Gasteiger charge is 2.44. The highest BCUT2D eigenvalue weighted by molar-refractivity contribution is 5.77. The fraction of sp³-hybridized carbons (Fsp3) is 0.935. The molecule has 2 heterocycles. The number of nitrogens with one attached hydrogen (secondary N) is 5. The van der Waals surface area contributed by atoms with Crippen molar-refractivity contribution < 1.29 is 23.8 Å². The number of ether oxygens (including phenoxy) is 3. The van der Waals surface area contributed by atoms with E-state index in [1.54, 1.807) is 0 Å². The van der Waals surface area contributed by atoms with Crippen LogP contribution in [0.4, 0.5) is 4.79 Å². The number of hydrogen-bond acceptors (Lipinski definition) is 8. The fourth-order valence-electron chi connectivity index (χ4n) is 6.45. The van der Waals surface area contributed by atoms with E-state index in [-0.39, 0.29) is 29.4 Å². The SMILES string of the molecule is C[C@@H]1NC(=O)N[C@@H]1CCCCCC(=O)NCCOCCOCCOCCN1NNC(C(C)(C)C)C1C1CCCCCC1. The number of rotatable bonds is 19. The van der Waals surface area contributed by atoms with E-state index in [4.69, 9.17) is 14.2 Å². The van der Waals surface area contributed by atoms with Gasteiger partial charge in [0.1, 0.15) is 0 Å². The van der Waals surface area contributed by atoms with Crippen molar-refractivity contribution in [3.63, 3.8) is 0 Å². The predicted octanol–water partition coefficient (Wildman–Crippen LogP) is 3.25. The van der Waals surface area contributed by atoms with Gasteiger partial charge in [-0.25, -0.2) is 15.2 Å². The number of amides is 3. The molecule has 5 N–H and O–H groups in total. The van der Waals surface area contributed by atoms with Crippen LogP contribution in [-0.2, 0) is 19.0 Å². The van der Waals surface area contributed by atoms with Crippen LogP contribution in [0.1, 0.15) is 98.3 Å². The van der Waals surface area contributed by atoms with Gasteiger partial charge in [-0.2, -0.15) is 5.53 Å². The highest BCUT2D eigenvalue weighted by atomic mass is 16.5. The molecule has 4 atom stereocenters. The number of carbonyl (C=O) groups excluding carboxylic acids is 2. The summed E-state index contributed by atoms with van der Waals surface area (Å²) in [6.07, 6.45) is 12.4. The molecule has 1 saturated carbocycles. The normalized spacial score (nSPS) is 25.8. The Bertz CT molecular complexity index is 773. The zero-order chi connectivity index (χ0) is 30.2. The molecule has 244 valence electrons. The topological polar surface area (TPSA) is 125 Å². The van der Waals surface area contributed by atoms with Gasteiger partial charge in [0.25, 0.3) is 0 Å². The summed E-state index contributed by atoms with van der Waals surface area (Å²) in [5.41, 5.74) is 7.24. The van der Waals surface area contributed by atoms with Gasteiger partial charge in [-0.3, -0.25) is 4.79 Å². The smallest absolute Gasteiger partial charge is 0.315 e. The lowest BCUT2D eigenvalue weighted by Gasteiger charge is -2.38. The van der Waals surface area contributed by atoms with Crippen molar-refractivity contribution in [2.75, 3.05) is 52.7 Å². The summed E-state index contributed by atoms with van der Waals surface area (Å²) in [6.45, 7) is 13.7. The van der Waals surface area contributed by atoms with Crippen LogP contribution >= 0.6 is 0 Å². The number of carbonyl (C=O) groups is 2. The van der Waals surface area contributed by atoms with E-state index in [1.807, 2.05) is 6.92 Å². The first kappa shape index (κ1) is 35.0. The molecule has 2 unspecified atom stereocenters. The van der Waals surface area contributed by atoms with Crippen LogP contribution in [0.2, 0.25) is 0 Å². The number of nitrogens with zero attached hydrogens (tertiary/aromatic N) is 1. The van der Waals surface area contributed by atoms with Gasteiger partial charge < -0.3 is 30.2 Å². The maximum atomic E-state index is 12.0. The Morgan fingerprint density at radius 1 is 0.905 bits per heavy atom. The summed E-state index contributed by atoms with van der Waals surface area (Å²) in [5.74, 6) is 0.785. The van der Waals surface area contributed by atoms with E-state index >= 15 is 0 Å². The van der Waals surface area contributed by atoms with E-state index in [9.17, 15) is 9.59 Å². The van der Waals surface area contributed by atoms with Gasteiger partial charge in [-0.15, -0.1) is 0 Å². The van der Waals surface area contributed by atoms with Crippen molar-refractivity contribution in [2.45, 2.75) is 122 Å². The molecular formula is C31H60N6O5. The number of unbranched alkanes of at least 4 members (excludes halogenated alkanes) is 2. The van der Waals surface area contributed by atoms with Crippen LogP contribution in [0.25, 0.3) is 0 Å². The van der Waals surface area contributed by atoms with E-state index in [0.29, 0.717) is 64.7 Å². The van der Waals surface area contributed by atoms with Crippen LogP contribution < -0.4 is 26.9 Å². The lowest BCUT2D eigenvalue weighted by Crippen LogP contribution is -2.49. The predicted molar refractivity (Wildman–Crippen MR) is 165 cm³/mol. The average molecular weight is 597 g/mol. The van der Waals surface area contributed by atoms with Crippen LogP contribution in [0.5, 0.6) is 0 Å². The molecule has 11 heteroatoms. The van der Waals surface area contributed by atoms with Gasteiger partial charge in [-0.05, 0) is 43.9 Å². The van der Waals surface area contributed by atoms with Crippen molar-refractivity contribution in [1.82, 2.24) is 31.9 Å². The quantitative estimate of drug-likeness (QED) is 0.114. The van der Waals surface area contributed by atoms with Gasteiger partial charge in [0.2, 0.25) is 5.91 Å². The third kappa shape index (κ3) is 12.6. The van der Waals surface area contributed by atoms with Crippen LogP contribution in [0, 0.1) is 11.3 Å². The standard InChI is InChI=1S/C31H60N6O5/c1-24-26(34-30(39)33-24)14-10-7-11-15-27(38)32-16-18-40-20-22-42-23-21-41-19-17-37-28(25-12-8-5-6-9-13-25)29(35-36-37)31(2,3)4/h24-26,28-29,35-36H,5-23H2,1-4H3,(H,32,38)(H2,33,34,39)/t24-,26+,28?,29?/m0/s1. The summed E-state index contributed by atoms with van der Waals surface area (Å²) in [6, 6.07) is 1.19. The van der Waals surface area contributed by atoms with Gasteiger partial charge in [-0.1, -0.05) is 59.3 Å². The molecule has 3 rings (SSSR count). The monoisotopic (exact) mass is 596 g/mol. The minimum absolute atomic E-state index is 0.0607. The van der Waals surface area contributed by atoms with Gasteiger partial charge in [0.05, 0.1) is 45.7 Å². The zero-order valence-electron chi connectivity index (χ0n) is 26.8. The van der Waals surface area contributed by atoms with Crippen LogP contribution in [0.15, 0.2) is 0 Å². The highest BCUT2D eigenvalue weighted by Crippen LogP contribution is 2.36. The van der Waals surface area contributed by atoms with E-state index < -0.39 is 0 Å². The molecule has 0 aromatic heterocycles. The first-order valence-electron chi connectivity index (χ1n) is 16.6. The summed E-state index contributed by atoms with van der Waals surface area (Å²) in [7, 11) is 0. The third-order valence-electron chi connectivity index (χ3n) is 8.87. The molecule has 3 aliphatic rings. The van der Waals surface area contributed by atoms with Gasteiger partial charge >= 0.3 is 6.03 Å². The molecule has 42 heavy (non-hydrogen) atoms. The van der Waals surface area contributed by atoms with Gasteiger partial charge in [0.15, 0.2) is 0 Å². The molecule has 2 saturated heterocycles. The van der Waals surface area contributed by atoms with Crippen molar-refractivity contribution in [3.8, 4) is 0 Å². The van der Waals surface area contributed by atoms with E-state index in [0.717, 1.165) is 38.1 Å². The van der Waals surface area contributed by atoms with Crippen molar-refractivity contribution in [2.24, 2.45) is 11.3 Å². The van der Waals surface area contributed by atoms with E-state index in [1.165, 1.54) is 38.5 Å². The summed E-state index contributed by atoms with van der Waals surface area (Å²) < 4.78 is 17.1. The summed E-state index contributed by atoms with van der Waals surface area (Å²) in [4.78, 5) is 23.3. The second-order valence-electron chi connectivity index (χ2n) is 13.3. The Morgan fingerprint density at radius 2 is 1.57 bits per heavy atom. The molecule has 3 fully saturated rings. The molecule has 2 aliphatic heterocycles. The molecule has 1 aliphatic carbocycles. The Hall–Kier alpha value is -1.50. The number of hydrazine groups is 2. The average Bonchev–Trinajstić information content (AvgIpc) is 3.39. The number of urea groups is 1. The Morgan fingerprint density at radius 3 is 2.21 bits per heavy atom. The second-order valence-corrected chi connectivity index (χ2v) is 13.3. The Balaban J connectivity index is 1.12. The fourth-order valence-corrected chi connectivity index (χ4v) is 6.45. The van der Waals surface area contributed by atoms with Crippen molar-refractivity contribution in [1.29, 1.82) is 0 Å². The number of hydrogen-bond donors (Lipinski definition) is 5. The van der Waals surface area contributed by atoms with Crippen LogP contribution in [0.3, 0.4) is 0 Å². The van der Waals surface area contributed by atoms with Crippen molar-refractivity contribution in [3.05, 3.63) is 0 Å². The Kier molecular flexibility index (Phi) is 15.8. The van der Waals surface area contributed by atoms with E-state index in [2.05, 4.69) is 52.7 Å². The minimum atomic E-state index is -0.0824. The summed E-state index contributed by atoms with van der Waals surface area (Å²) in [5, 5.41) is 11.1. The second kappa shape index (κ2) is 19.0. The maximum absolute atomic E-state index is 12.0. The van der Waals surface area contributed by atoms with Crippen LogP contribution in [-0.4, -0.2) is 93.8 Å².